The predicted molar refractivity (Wildman–Crippen MR) is 83.1 cm³/mol. The molecule has 1 fully saturated rings. The molecule has 1 aromatic carbocycles. The number of anilines is 1. The molecule has 0 atom stereocenters. The van der Waals surface area contributed by atoms with Gasteiger partial charge in [0.15, 0.2) is 0 Å². The van der Waals surface area contributed by atoms with Crippen LogP contribution in [0.1, 0.15) is 26.7 Å². The summed E-state index contributed by atoms with van der Waals surface area (Å²) in [5.74, 6) is 0. The van der Waals surface area contributed by atoms with Gasteiger partial charge in [-0.1, -0.05) is 13.8 Å². The average molecular weight is 275 g/mol. The molecule has 0 aliphatic carbocycles. The van der Waals surface area contributed by atoms with Crippen molar-refractivity contribution < 1.29 is 0 Å². The fraction of sp³-hybridized carbons (Fsp3) is 0.533. The van der Waals surface area contributed by atoms with E-state index < -0.39 is 0 Å². The Morgan fingerprint density at radius 2 is 2.21 bits per heavy atom. The topological polar surface area (TPSA) is 28.2 Å². The molecule has 1 aliphatic rings. The van der Waals surface area contributed by atoms with Gasteiger partial charge in [0.25, 0.3) is 0 Å². The van der Waals surface area contributed by atoms with Crippen LogP contribution in [0, 0.1) is 0 Å². The Hall–Kier alpha value is -1.13. The number of aromatic nitrogens is 1. The van der Waals surface area contributed by atoms with E-state index in [-0.39, 0.29) is 5.54 Å². The lowest BCUT2D eigenvalue weighted by Crippen LogP contribution is -2.60. The predicted octanol–water partition coefficient (Wildman–Crippen LogP) is 3.26. The minimum absolute atomic E-state index is 0.279. The third kappa shape index (κ3) is 2.35. The highest BCUT2D eigenvalue weighted by Crippen LogP contribution is 2.28. The number of nitrogens with zero attached hydrogens (tertiary/aromatic N) is 2. The molecular formula is C15H21N3S. The molecule has 19 heavy (non-hydrogen) atoms. The van der Waals surface area contributed by atoms with Gasteiger partial charge in [-0.25, -0.2) is 4.98 Å². The van der Waals surface area contributed by atoms with Gasteiger partial charge < -0.3 is 10.2 Å². The fourth-order valence-corrected chi connectivity index (χ4v) is 3.65. The molecule has 1 aliphatic heterocycles. The Balaban J connectivity index is 1.88. The summed E-state index contributed by atoms with van der Waals surface area (Å²) in [4.78, 5) is 6.87. The van der Waals surface area contributed by atoms with Gasteiger partial charge in [0, 0.05) is 30.9 Å². The van der Waals surface area contributed by atoms with Gasteiger partial charge >= 0.3 is 0 Å². The summed E-state index contributed by atoms with van der Waals surface area (Å²) in [6, 6.07) is 6.64. The minimum atomic E-state index is 0.279. The Bertz CT molecular complexity index is 559. The van der Waals surface area contributed by atoms with E-state index in [0.717, 1.165) is 25.2 Å². The lowest BCUT2D eigenvalue weighted by molar-refractivity contribution is 0.277. The number of hydrogen-bond donors (Lipinski definition) is 1. The maximum Gasteiger partial charge on any atom is 0.0813 e. The molecule has 2 heterocycles. The van der Waals surface area contributed by atoms with E-state index in [0.29, 0.717) is 0 Å². The molecule has 1 saturated heterocycles. The number of thiazole rings is 1. The number of fused-ring (bicyclic) bond motifs is 1. The summed E-state index contributed by atoms with van der Waals surface area (Å²) in [7, 11) is 0. The second-order valence-corrected chi connectivity index (χ2v) is 6.23. The summed E-state index contributed by atoms with van der Waals surface area (Å²) < 4.78 is 1.29. The summed E-state index contributed by atoms with van der Waals surface area (Å²) >= 11 is 1.72. The van der Waals surface area contributed by atoms with Crippen molar-refractivity contribution >= 4 is 27.2 Å². The third-order valence-electron chi connectivity index (χ3n) is 4.41. The van der Waals surface area contributed by atoms with Gasteiger partial charge in [-0.05, 0) is 31.0 Å². The van der Waals surface area contributed by atoms with Crippen molar-refractivity contribution in [1.82, 2.24) is 10.3 Å². The highest BCUT2D eigenvalue weighted by Gasteiger charge is 2.31. The molecule has 3 nitrogen and oxygen atoms in total. The van der Waals surface area contributed by atoms with Gasteiger partial charge in [-0.2, -0.15) is 0 Å². The zero-order chi connectivity index (χ0) is 13.3. The lowest BCUT2D eigenvalue weighted by atomic mass is 9.90. The van der Waals surface area contributed by atoms with E-state index in [1.54, 1.807) is 11.3 Å². The van der Waals surface area contributed by atoms with E-state index in [2.05, 4.69) is 47.2 Å². The van der Waals surface area contributed by atoms with E-state index in [9.17, 15) is 0 Å². The largest absolute Gasteiger partial charge is 0.368 e. The molecule has 1 N–H and O–H groups in total. The van der Waals surface area contributed by atoms with Crippen LogP contribution >= 0.6 is 11.3 Å². The highest BCUT2D eigenvalue weighted by molar-refractivity contribution is 7.16. The van der Waals surface area contributed by atoms with Crippen molar-refractivity contribution in [2.45, 2.75) is 32.2 Å². The van der Waals surface area contributed by atoms with Crippen molar-refractivity contribution in [1.29, 1.82) is 0 Å². The second kappa shape index (κ2) is 5.10. The van der Waals surface area contributed by atoms with Crippen LogP contribution in [-0.4, -0.2) is 30.2 Å². The molecule has 102 valence electrons. The standard InChI is InChI=1S/C15H21N3S/c1-3-15(4-2)10-18(8-7-17-15)12-5-6-13-14(9-12)19-11-16-13/h5-6,9,11,17H,3-4,7-8,10H2,1-2H3. The van der Waals surface area contributed by atoms with E-state index in [1.165, 1.54) is 23.2 Å². The van der Waals surface area contributed by atoms with Crippen LogP contribution in [0.15, 0.2) is 23.7 Å². The molecule has 1 aromatic heterocycles. The number of hydrogen-bond acceptors (Lipinski definition) is 4. The molecule has 0 bridgehead atoms. The number of piperazine rings is 1. The monoisotopic (exact) mass is 275 g/mol. The van der Waals surface area contributed by atoms with Gasteiger partial charge in [0.2, 0.25) is 0 Å². The van der Waals surface area contributed by atoms with E-state index >= 15 is 0 Å². The Labute approximate surface area is 118 Å². The molecule has 3 rings (SSSR count). The van der Waals surface area contributed by atoms with Crippen molar-refractivity contribution in [3.8, 4) is 0 Å². The fourth-order valence-electron chi connectivity index (χ4n) is 2.94. The zero-order valence-electron chi connectivity index (χ0n) is 11.6. The average Bonchev–Trinajstić information content (AvgIpc) is 2.94. The number of rotatable bonds is 3. The normalized spacial score (nSPS) is 18.9. The molecule has 0 amide bonds. The molecule has 0 saturated carbocycles. The zero-order valence-corrected chi connectivity index (χ0v) is 12.5. The van der Waals surface area contributed by atoms with Crippen LogP contribution in [0.4, 0.5) is 5.69 Å². The van der Waals surface area contributed by atoms with Crippen LogP contribution < -0.4 is 10.2 Å². The highest BCUT2D eigenvalue weighted by atomic mass is 32.1. The first-order chi connectivity index (χ1) is 9.26. The smallest absolute Gasteiger partial charge is 0.0813 e. The quantitative estimate of drug-likeness (QED) is 0.932. The lowest BCUT2D eigenvalue weighted by Gasteiger charge is -2.44. The first kappa shape index (κ1) is 12.9. The van der Waals surface area contributed by atoms with Gasteiger partial charge in [-0.15, -0.1) is 11.3 Å². The van der Waals surface area contributed by atoms with Crippen LogP contribution in [0.3, 0.4) is 0 Å². The summed E-state index contributed by atoms with van der Waals surface area (Å²) in [6.07, 6.45) is 2.37. The van der Waals surface area contributed by atoms with Crippen LogP contribution in [-0.2, 0) is 0 Å². The summed E-state index contributed by atoms with van der Waals surface area (Å²) in [5, 5.41) is 3.71. The molecule has 2 aromatic rings. The van der Waals surface area contributed by atoms with Crippen LogP contribution in [0.5, 0.6) is 0 Å². The van der Waals surface area contributed by atoms with Crippen molar-refractivity contribution in [3.63, 3.8) is 0 Å². The third-order valence-corrected chi connectivity index (χ3v) is 5.20. The van der Waals surface area contributed by atoms with Crippen LogP contribution in [0.2, 0.25) is 0 Å². The maximum absolute atomic E-state index is 4.35. The number of benzene rings is 1. The Morgan fingerprint density at radius 3 is 3.00 bits per heavy atom. The van der Waals surface area contributed by atoms with Gasteiger partial charge in [0.05, 0.1) is 15.7 Å². The molecule has 0 spiro atoms. The molecule has 4 heteroatoms. The molecule has 0 radical (unpaired) electrons. The van der Waals surface area contributed by atoms with Gasteiger partial charge in [0.1, 0.15) is 0 Å². The summed E-state index contributed by atoms with van der Waals surface area (Å²) in [5.41, 5.74) is 4.65. The van der Waals surface area contributed by atoms with Crippen LogP contribution in [0.25, 0.3) is 10.2 Å². The first-order valence-corrected chi connectivity index (χ1v) is 7.97. The molecular weight excluding hydrogens is 254 g/mol. The van der Waals surface area contributed by atoms with Crippen molar-refractivity contribution in [2.75, 3.05) is 24.5 Å². The molecule has 0 unspecified atom stereocenters. The first-order valence-electron chi connectivity index (χ1n) is 7.09. The maximum atomic E-state index is 4.35. The Morgan fingerprint density at radius 1 is 1.37 bits per heavy atom. The van der Waals surface area contributed by atoms with Crippen molar-refractivity contribution in [3.05, 3.63) is 23.7 Å². The van der Waals surface area contributed by atoms with E-state index in [1.807, 2.05) is 5.51 Å². The summed E-state index contributed by atoms with van der Waals surface area (Å²) in [6.45, 7) is 7.83. The minimum Gasteiger partial charge on any atom is -0.368 e. The second-order valence-electron chi connectivity index (χ2n) is 5.34. The van der Waals surface area contributed by atoms with Gasteiger partial charge in [-0.3, -0.25) is 0 Å². The van der Waals surface area contributed by atoms with E-state index in [4.69, 9.17) is 0 Å². The Kier molecular flexibility index (Phi) is 3.46. The SMILES string of the molecule is CCC1(CC)CN(c2ccc3ncsc3c2)CCN1. The van der Waals surface area contributed by atoms with Crippen molar-refractivity contribution in [2.24, 2.45) is 0 Å². The number of nitrogens with one attached hydrogen (secondary N) is 1.